The van der Waals surface area contributed by atoms with Gasteiger partial charge in [0.15, 0.2) is 11.5 Å². The lowest BCUT2D eigenvalue weighted by molar-refractivity contribution is -0.121. The second-order valence-corrected chi connectivity index (χ2v) is 10.8. The number of hydrogen-bond acceptors (Lipinski definition) is 8. The zero-order chi connectivity index (χ0) is 31.5. The summed E-state index contributed by atoms with van der Waals surface area (Å²) in [5.74, 6) is 0.937. The molecule has 0 unspecified atom stereocenters. The zero-order valence-corrected chi connectivity index (χ0v) is 26.4. The average molecular weight is 598 g/mol. The standard InChI is InChI=1S/C34H51N3O6/c1-5-37(6-2)19-22-43-34(40)29-17-16-28(35)24-31(29)41-20-11-12-21-42-32-23-27(15-18-30(32)38)25-36-33(39)14-10-8-7-9-13-26(3)4/h9,13,15-18,23-24,26,38H,5-8,10-12,14,19-22,25,35H2,1-4H3,(H,36,39)/b13-9+. The number of aromatic hydroxyl groups is 1. The van der Waals surface area contributed by atoms with E-state index in [1.807, 2.05) is 0 Å². The summed E-state index contributed by atoms with van der Waals surface area (Å²) < 4.78 is 17.1. The second kappa shape index (κ2) is 20.2. The Kier molecular flexibility index (Phi) is 16.7. The molecule has 0 spiro atoms. The molecule has 0 fully saturated rings. The number of nitrogens with two attached hydrogens (primary N) is 1. The number of unbranched alkanes of at least 4 members (excludes halogenated alkanes) is 3. The van der Waals surface area contributed by atoms with Crippen molar-refractivity contribution in [3.05, 3.63) is 59.7 Å². The van der Waals surface area contributed by atoms with Gasteiger partial charge in [0.25, 0.3) is 0 Å². The van der Waals surface area contributed by atoms with E-state index in [4.69, 9.17) is 19.9 Å². The molecule has 0 aliphatic heterocycles. The molecule has 43 heavy (non-hydrogen) atoms. The highest BCUT2D eigenvalue weighted by atomic mass is 16.5. The summed E-state index contributed by atoms with van der Waals surface area (Å²) >= 11 is 0. The molecular formula is C34H51N3O6. The van der Waals surface area contributed by atoms with Gasteiger partial charge in [-0.25, -0.2) is 4.79 Å². The molecule has 0 saturated carbocycles. The van der Waals surface area contributed by atoms with Gasteiger partial charge in [-0.3, -0.25) is 4.79 Å². The number of nitrogen functional groups attached to an aromatic ring is 1. The number of nitrogens with zero attached hydrogens (tertiary/aromatic N) is 1. The first kappa shape index (κ1) is 35.5. The number of carbonyl (C=O) groups excluding carboxylic acids is 2. The number of esters is 1. The van der Waals surface area contributed by atoms with Gasteiger partial charge in [0.1, 0.15) is 17.9 Å². The van der Waals surface area contributed by atoms with Crippen LogP contribution in [0.2, 0.25) is 0 Å². The first-order valence-corrected chi connectivity index (χ1v) is 15.5. The van der Waals surface area contributed by atoms with Crippen molar-refractivity contribution in [1.29, 1.82) is 0 Å². The molecule has 9 heteroatoms. The molecule has 9 nitrogen and oxygen atoms in total. The van der Waals surface area contributed by atoms with Crippen LogP contribution in [0, 0.1) is 5.92 Å². The zero-order valence-electron chi connectivity index (χ0n) is 26.4. The average Bonchev–Trinajstić information content (AvgIpc) is 2.98. The maximum absolute atomic E-state index is 12.6. The Morgan fingerprint density at radius 1 is 0.953 bits per heavy atom. The molecule has 4 N–H and O–H groups in total. The van der Waals surface area contributed by atoms with E-state index >= 15 is 0 Å². The van der Waals surface area contributed by atoms with Gasteiger partial charge >= 0.3 is 5.97 Å². The van der Waals surface area contributed by atoms with Gasteiger partial charge in [0.2, 0.25) is 5.91 Å². The maximum Gasteiger partial charge on any atom is 0.341 e. The van der Waals surface area contributed by atoms with Gasteiger partial charge in [-0.2, -0.15) is 0 Å². The summed E-state index contributed by atoms with van der Waals surface area (Å²) in [5.41, 5.74) is 7.62. The molecule has 1 amide bonds. The van der Waals surface area contributed by atoms with Crippen LogP contribution in [0.1, 0.15) is 82.1 Å². The van der Waals surface area contributed by atoms with Crippen molar-refractivity contribution in [2.24, 2.45) is 5.92 Å². The summed E-state index contributed by atoms with van der Waals surface area (Å²) in [4.78, 5) is 27.0. The Balaban J connectivity index is 1.72. The number of ether oxygens (including phenoxy) is 3. The Morgan fingerprint density at radius 2 is 1.67 bits per heavy atom. The number of hydrogen-bond donors (Lipinski definition) is 3. The summed E-state index contributed by atoms with van der Waals surface area (Å²) in [6.45, 7) is 12.3. The van der Waals surface area contributed by atoms with Crippen molar-refractivity contribution in [2.45, 2.75) is 72.8 Å². The van der Waals surface area contributed by atoms with Crippen LogP contribution in [0.5, 0.6) is 17.2 Å². The molecule has 0 radical (unpaired) electrons. The van der Waals surface area contributed by atoms with Gasteiger partial charge in [-0.1, -0.05) is 45.9 Å². The lowest BCUT2D eigenvalue weighted by Gasteiger charge is -2.18. The van der Waals surface area contributed by atoms with Crippen molar-refractivity contribution in [2.75, 3.05) is 45.2 Å². The summed E-state index contributed by atoms with van der Waals surface area (Å²) in [7, 11) is 0. The minimum Gasteiger partial charge on any atom is -0.504 e. The predicted octanol–water partition coefficient (Wildman–Crippen LogP) is 6.10. The minimum atomic E-state index is -0.438. The molecule has 2 aromatic rings. The third-order valence-corrected chi connectivity index (χ3v) is 6.87. The first-order valence-electron chi connectivity index (χ1n) is 15.5. The highest BCUT2D eigenvalue weighted by molar-refractivity contribution is 5.93. The van der Waals surface area contributed by atoms with Gasteiger partial charge in [-0.05, 0) is 80.9 Å². The first-order chi connectivity index (χ1) is 20.7. The van der Waals surface area contributed by atoms with Gasteiger partial charge in [0.05, 0.1) is 13.2 Å². The summed E-state index contributed by atoms with van der Waals surface area (Å²) in [5, 5.41) is 13.2. The Morgan fingerprint density at radius 3 is 2.37 bits per heavy atom. The van der Waals surface area contributed by atoms with Crippen LogP contribution >= 0.6 is 0 Å². The van der Waals surface area contributed by atoms with Crippen LogP contribution < -0.4 is 20.5 Å². The predicted molar refractivity (Wildman–Crippen MR) is 172 cm³/mol. The normalized spacial score (nSPS) is 11.3. The second-order valence-electron chi connectivity index (χ2n) is 10.8. The number of phenols is 1. The van der Waals surface area contributed by atoms with E-state index in [1.165, 1.54) is 0 Å². The maximum atomic E-state index is 12.6. The number of rotatable bonds is 21. The topological polar surface area (TPSA) is 123 Å². The molecular weight excluding hydrogens is 546 g/mol. The van der Waals surface area contributed by atoms with E-state index in [1.54, 1.807) is 36.4 Å². The van der Waals surface area contributed by atoms with E-state index in [2.05, 4.69) is 50.1 Å². The van der Waals surface area contributed by atoms with Crippen molar-refractivity contribution in [3.8, 4) is 17.2 Å². The number of nitrogens with one attached hydrogen (secondary N) is 1. The minimum absolute atomic E-state index is 0.0135. The molecule has 2 aromatic carbocycles. The molecule has 0 aliphatic rings. The van der Waals surface area contributed by atoms with E-state index < -0.39 is 5.97 Å². The molecule has 0 saturated heterocycles. The van der Waals surface area contributed by atoms with Crippen molar-refractivity contribution >= 4 is 17.6 Å². The third-order valence-electron chi connectivity index (χ3n) is 6.87. The number of allylic oxidation sites excluding steroid dienone is 2. The molecule has 0 atom stereocenters. The highest BCUT2D eigenvalue weighted by Gasteiger charge is 2.15. The molecule has 238 valence electrons. The molecule has 0 heterocycles. The Bertz CT molecular complexity index is 1150. The van der Waals surface area contributed by atoms with Gasteiger partial charge in [0, 0.05) is 31.3 Å². The van der Waals surface area contributed by atoms with Crippen LogP contribution in [0.15, 0.2) is 48.6 Å². The van der Waals surface area contributed by atoms with Crippen molar-refractivity contribution < 1.29 is 28.9 Å². The van der Waals surface area contributed by atoms with Crippen LogP contribution in [0.3, 0.4) is 0 Å². The van der Waals surface area contributed by atoms with Crippen LogP contribution in [-0.4, -0.2) is 61.3 Å². The van der Waals surface area contributed by atoms with Gasteiger partial charge in [-0.15, -0.1) is 0 Å². The van der Waals surface area contributed by atoms with Crippen molar-refractivity contribution in [3.63, 3.8) is 0 Å². The van der Waals surface area contributed by atoms with E-state index in [0.29, 0.717) is 80.8 Å². The number of phenolic OH excluding ortho intramolecular Hbond substituents is 1. The number of benzene rings is 2. The van der Waals surface area contributed by atoms with Crippen LogP contribution in [0.4, 0.5) is 5.69 Å². The van der Waals surface area contributed by atoms with Crippen LogP contribution in [0.25, 0.3) is 0 Å². The lowest BCUT2D eigenvalue weighted by Crippen LogP contribution is -2.28. The monoisotopic (exact) mass is 597 g/mol. The third kappa shape index (κ3) is 14.3. The van der Waals surface area contributed by atoms with E-state index in [-0.39, 0.29) is 11.7 Å². The fraction of sp³-hybridized carbons (Fsp3) is 0.529. The molecule has 0 aliphatic carbocycles. The smallest absolute Gasteiger partial charge is 0.341 e. The SMILES string of the molecule is CCN(CC)CCOC(=O)c1ccc(N)cc1OCCCCOc1cc(CNC(=O)CCCC/C=C/C(C)C)ccc1O. The Hall–Kier alpha value is -3.72. The molecule has 0 bridgehead atoms. The quantitative estimate of drug-likeness (QED) is 0.0683. The van der Waals surface area contributed by atoms with Crippen LogP contribution in [-0.2, 0) is 16.1 Å². The van der Waals surface area contributed by atoms with E-state index in [9.17, 15) is 14.7 Å². The highest BCUT2D eigenvalue weighted by Crippen LogP contribution is 2.27. The number of anilines is 1. The molecule has 2 rings (SSSR count). The summed E-state index contributed by atoms with van der Waals surface area (Å²) in [6.07, 6.45) is 9.01. The number of likely N-dealkylation sites (N-methyl/N-ethyl adjacent to an activating group) is 1. The lowest BCUT2D eigenvalue weighted by atomic mass is 10.1. The van der Waals surface area contributed by atoms with Crippen molar-refractivity contribution in [1.82, 2.24) is 10.2 Å². The van der Waals surface area contributed by atoms with E-state index in [0.717, 1.165) is 37.9 Å². The number of amides is 1. The Labute approximate surface area is 257 Å². The fourth-order valence-corrected chi connectivity index (χ4v) is 4.27. The molecule has 0 aromatic heterocycles. The van der Waals surface area contributed by atoms with Gasteiger partial charge < -0.3 is 35.3 Å². The largest absolute Gasteiger partial charge is 0.504 e. The number of carbonyl (C=O) groups is 2. The fourth-order valence-electron chi connectivity index (χ4n) is 4.27. The summed E-state index contributed by atoms with van der Waals surface area (Å²) in [6, 6.07) is 9.99.